The van der Waals surface area contributed by atoms with Gasteiger partial charge in [-0.3, -0.25) is 14.9 Å². The topological polar surface area (TPSA) is 102 Å². The molecule has 0 bridgehead atoms. The lowest BCUT2D eigenvalue weighted by molar-refractivity contribution is -0.385. The number of carboxylic acid groups (broad SMARTS) is 1. The molecule has 0 fully saturated rings. The molecular weight excluding hydrogens is 284 g/mol. The largest absolute Gasteiger partial charge is 0.477 e. The Morgan fingerprint density at radius 3 is 2.75 bits per heavy atom. The van der Waals surface area contributed by atoms with E-state index in [1.165, 1.54) is 29.8 Å². The lowest BCUT2D eigenvalue weighted by atomic mass is 10.2. The van der Waals surface area contributed by atoms with Crippen LogP contribution in [0.15, 0.2) is 29.2 Å². The van der Waals surface area contributed by atoms with Crippen LogP contribution in [0.2, 0.25) is 0 Å². The first-order valence-electron chi connectivity index (χ1n) is 5.56. The van der Waals surface area contributed by atoms with Crippen LogP contribution in [-0.2, 0) is 6.54 Å². The van der Waals surface area contributed by atoms with Crippen molar-refractivity contribution in [2.45, 2.75) is 13.5 Å². The van der Waals surface area contributed by atoms with Crippen LogP contribution >= 0.6 is 11.3 Å². The van der Waals surface area contributed by atoms with Gasteiger partial charge in [0.2, 0.25) is 0 Å². The number of aromatic nitrogens is 1. The molecule has 0 amide bonds. The van der Waals surface area contributed by atoms with Crippen LogP contribution in [0.3, 0.4) is 0 Å². The van der Waals surface area contributed by atoms with Gasteiger partial charge in [0.25, 0.3) is 11.2 Å². The Bertz CT molecular complexity index is 747. The first-order valence-corrected chi connectivity index (χ1v) is 6.37. The summed E-state index contributed by atoms with van der Waals surface area (Å²) in [5.41, 5.74) is -0.202. The minimum absolute atomic E-state index is 0.109. The molecule has 2 rings (SSSR count). The smallest absolute Gasteiger partial charge is 0.345 e. The molecule has 0 aliphatic heterocycles. The standard InChI is InChI=1S/C12H10N2O5S/c1-7-4-11(15)13(6-9(7)14(18)19)5-8-2-3-10(20-8)12(16)17/h2-4,6H,5H2,1H3,(H,16,17). The number of rotatable bonds is 4. The third kappa shape index (κ3) is 2.75. The van der Waals surface area contributed by atoms with Crippen molar-refractivity contribution in [2.24, 2.45) is 0 Å². The van der Waals surface area contributed by atoms with E-state index in [0.29, 0.717) is 10.4 Å². The summed E-state index contributed by atoms with van der Waals surface area (Å²) in [6, 6.07) is 4.23. The summed E-state index contributed by atoms with van der Waals surface area (Å²) in [7, 11) is 0. The molecule has 0 radical (unpaired) electrons. The van der Waals surface area contributed by atoms with Crippen molar-refractivity contribution in [1.29, 1.82) is 0 Å². The first kappa shape index (κ1) is 13.9. The van der Waals surface area contributed by atoms with E-state index in [1.807, 2.05) is 0 Å². The molecule has 1 N–H and O–H groups in total. The number of pyridine rings is 1. The van der Waals surface area contributed by atoms with E-state index in [-0.39, 0.29) is 22.7 Å². The number of aryl methyl sites for hydroxylation is 1. The van der Waals surface area contributed by atoms with Gasteiger partial charge in [0.15, 0.2) is 0 Å². The summed E-state index contributed by atoms with van der Waals surface area (Å²) in [5, 5.41) is 19.7. The Morgan fingerprint density at radius 2 is 2.20 bits per heavy atom. The molecule has 2 heterocycles. The van der Waals surface area contributed by atoms with Crippen LogP contribution in [0.1, 0.15) is 20.1 Å². The molecule has 0 spiro atoms. The van der Waals surface area contributed by atoms with Crippen molar-refractivity contribution in [3.63, 3.8) is 0 Å². The number of thiophene rings is 1. The lowest BCUT2D eigenvalue weighted by Crippen LogP contribution is -2.20. The van der Waals surface area contributed by atoms with Gasteiger partial charge in [0, 0.05) is 16.5 Å². The maximum atomic E-state index is 11.8. The van der Waals surface area contributed by atoms with Gasteiger partial charge in [-0.05, 0) is 19.1 Å². The van der Waals surface area contributed by atoms with E-state index in [0.717, 1.165) is 11.3 Å². The highest BCUT2D eigenvalue weighted by Gasteiger charge is 2.14. The molecule has 0 saturated carbocycles. The summed E-state index contributed by atoms with van der Waals surface area (Å²) in [6.07, 6.45) is 1.18. The normalized spacial score (nSPS) is 10.4. The molecule has 0 saturated heterocycles. The third-order valence-electron chi connectivity index (χ3n) is 2.70. The zero-order chi connectivity index (χ0) is 14.9. The van der Waals surface area contributed by atoms with E-state index in [1.54, 1.807) is 6.07 Å². The zero-order valence-electron chi connectivity index (χ0n) is 10.4. The maximum Gasteiger partial charge on any atom is 0.345 e. The fraction of sp³-hybridized carbons (Fsp3) is 0.167. The van der Waals surface area contributed by atoms with E-state index in [2.05, 4.69) is 0 Å². The Labute approximate surface area is 116 Å². The SMILES string of the molecule is Cc1cc(=O)n(Cc2ccc(C(=O)O)s2)cc1[N+](=O)[O-]. The highest BCUT2D eigenvalue weighted by Crippen LogP contribution is 2.19. The second kappa shape index (κ2) is 5.25. The van der Waals surface area contributed by atoms with Crippen molar-refractivity contribution >= 4 is 23.0 Å². The molecule has 0 aliphatic rings. The summed E-state index contributed by atoms with van der Waals surface area (Å²) < 4.78 is 1.20. The number of hydrogen-bond donors (Lipinski definition) is 1. The Balaban J connectivity index is 2.37. The van der Waals surface area contributed by atoms with E-state index in [9.17, 15) is 19.7 Å². The summed E-state index contributed by atoms with van der Waals surface area (Å²) in [4.78, 5) is 33.7. The van der Waals surface area contributed by atoms with Gasteiger partial charge >= 0.3 is 5.97 Å². The van der Waals surface area contributed by atoms with Crippen molar-refractivity contribution in [2.75, 3.05) is 0 Å². The Morgan fingerprint density at radius 1 is 1.50 bits per heavy atom. The lowest BCUT2D eigenvalue weighted by Gasteiger charge is -2.04. The monoisotopic (exact) mass is 294 g/mol. The van der Waals surface area contributed by atoms with Crippen molar-refractivity contribution in [3.8, 4) is 0 Å². The van der Waals surface area contributed by atoms with Crippen LogP contribution in [-0.4, -0.2) is 20.6 Å². The van der Waals surface area contributed by atoms with Crippen LogP contribution < -0.4 is 5.56 Å². The van der Waals surface area contributed by atoms with E-state index < -0.39 is 10.9 Å². The molecule has 0 atom stereocenters. The molecule has 8 heteroatoms. The van der Waals surface area contributed by atoms with Gasteiger partial charge in [0.1, 0.15) is 4.88 Å². The van der Waals surface area contributed by atoms with Gasteiger partial charge in [-0.25, -0.2) is 4.79 Å². The minimum Gasteiger partial charge on any atom is -0.477 e. The molecule has 2 aromatic heterocycles. The van der Waals surface area contributed by atoms with Crippen LogP contribution in [0.25, 0.3) is 0 Å². The van der Waals surface area contributed by atoms with Gasteiger partial charge < -0.3 is 9.67 Å². The zero-order valence-corrected chi connectivity index (χ0v) is 11.2. The molecule has 104 valence electrons. The summed E-state index contributed by atoms with van der Waals surface area (Å²) in [5.74, 6) is -1.04. The Hall–Kier alpha value is -2.48. The number of nitro groups is 1. The van der Waals surface area contributed by atoms with Crippen molar-refractivity contribution < 1.29 is 14.8 Å². The fourth-order valence-electron chi connectivity index (χ4n) is 1.72. The molecule has 0 unspecified atom stereocenters. The van der Waals surface area contributed by atoms with Gasteiger partial charge in [-0.2, -0.15) is 0 Å². The molecule has 0 aliphatic carbocycles. The summed E-state index contributed by atoms with van der Waals surface area (Å²) in [6.45, 7) is 1.61. The second-order valence-corrected chi connectivity index (χ2v) is 5.30. The Kier molecular flexibility index (Phi) is 3.66. The average Bonchev–Trinajstić information content (AvgIpc) is 2.80. The number of hydrogen-bond acceptors (Lipinski definition) is 5. The third-order valence-corrected chi connectivity index (χ3v) is 3.76. The van der Waals surface area contributed by atoms with Crippen molar-refractivity contribution in [3.05, 3.63) is 60.2 Å². The van der Waals surface area contributed by atoms with Crippen LogP contribution in [0, 0.1) is 17.0 Å². The van der Waals surface area contributed by atoms with Crippen LogP contribution in [0.5, 0.6) is 0 Å². The number of carbonyl (C=O) groups is 1. The highest BCUT2D eigenvalue weighted by molar-refractivity contribution is 7.13. The van der Waals surface area contributed by atoms with Crippen molar-refractivity contribution in [1.82, 2.24) is 4.57 Å². The fourth-order valence-corrected chi connectivity index (χ4v) is 2.56. The van der Waals surface area contributed by atoms with Gasteiger partial charge in [-0.15, -0.1) is 11.3 Å². The second-order valence-electron chi connectivity index (χ2n) is 4.14. The molecular formula is C12H10N2O5S. The highest BCUT2D eigenvalue weighted by atomic mass is 32.1. The molecule has 7 nitrogen and oxygen atoms in total. The molecule has 0 aromatic carbocycles. The molecule has 2 aromatic rings. The number of aromatic carboxylic acids is 1. The summed E-state index contributed by atoms with van der Waals surface area (Å²) >= 11 is 1.03. The minimum atomic E-state index is -1.04. The van der Waals surface area contributed by atoms with E-state index >= 15 is 0 Å². The maximum absolute atomic E-state index is 11.8. The predicted octanol–water partition coefficient (Wildman–Crippen LogP) is 1.87. The molecule has 20 heavy (non-hydrogen) atoms. The first-order chi connectivity index (χ1) is 9.38. The quantitative estimate of drug-likeness (QED) is 0.685. The van der Waals surface area contributed by atoms with E-state index in [4.69, 9.17) is 5.11 Å². The number of carboxylic acids is 1. The van der Waals surface area contributed by atoms with Crippen LogP contribution in [0.4, 0.5) is 5.69 Å². The predicted molar refractivity (Wildman–Crippen MR) is 72.5 cm³/mol. The average molecular weight is 294 g/mol. The number of nitrogens with zero attached hydrogens (tertiary/aromatic N) is 2. The van der Waals surface area contributed by atoms with Gasteiger partial charge in [-0.1, -0.05) is 0 Å². The van der Waals surface area contributed by atoms with Gasteiger partial charge in [0.05, 0.1) is 17.7 Å².